The second-order valence-electron chi connectivity index (χ2n) is 14.3. The van der Waals surface area contributed by atoms with E-state index in [0.29, 0.717) is 6.42 Å². The van der Waals surface area contributed by atoms with Crippen LogP contribution in [0, 0.1) is 5.41 Å². The minimum absolute atomic E-state index is 0.0355. The van der Waals surface area contributed by atoms with Gasteiger partial charge < -0.3 is 15.0 Å². The van der Waals surface area contributed by atoms with Gasteiger partial charge >= 0.3 is 0 Å². The molecule has 0 heterocycles. The van der Waals surface area contributed by atoms with Crippen LogP contribution in [-0.4, -0.2) is 41.7 Å². The third-order valence-electron chi connectivity index (χ3n) is 9.00. The topological polar surface area (TPSA) is 41.6 Å². The Bertz CT molecular complexity index is 1440. The first-order chi connectivity index (χ1) is 21.2. The van der Waals surface area contributed by atoms with Crippen molar-refractivity contribution in [2.45, 2.75) is 78.2 Å². The third kappa shape index (κ3) is 7.68. The molecule has 0 saturated heterocycles. The van der Waals surface area contributed by atoms with E-state index in [1.807, 2.05) is 32.9 Å². The van der Waals surface area contributed by atoms with Crippen LogP contribution in [0.3, 0.4) is 0 Å². The van der Waals surface area contributed by atoms with Crippen LogP contribution < -0.4 is 26.0 Å². The van der Waals surface area contributed by atoms with Crippen LogP contribution in [0.2, 0.25) is 0 Å². The molecule has 238 valence electrons. The van der Waals surface area contributed by atoms with E-state index in [2.05, 4.69) is 155 Å². The zero-order chi connectivity index (χ0) is 32.9. The third-order valence-corrected chi connectivity index (χ3v) is 14.2. The Morgan fingerprint density at radius 1 is 0.733 bits per heavy atom. The number of ether oxygens (including phenoxy) is 1. The summed E-state index contributed by atoms with van der Waals surface area (Å²) >= 11 is 0. The van der Waals surface area contributed by atoms with Crippen molar-refractivity contribution < 1.29 is 9.53 Å². The average Bonchev–Trinajstić information content (AvgIpc) is 2.98. The summed E-state index contributed by atoms with van der Waals surface area (Å²) in [5.74, 6) is 0.845. The van der Waals surface area contributed by atoms with Gasteiger partial charge in [-0.25, -0.2) is 0 Å². The number of carbonyl (C=O) groups excluding carboxylic acids is 1. The Hall–Kier alpha value is -3.46. The average molecular weight is 624 g/mol. The van der Waals surface area contributed by atoms with Crippen molar-refractivity contribution in [1.29, 1.82) is 0 Å². The fourth-order valence-corrected chi connectivity index (χ4v) is 12.2. The minimum Gasteiger partial charge on any atom is -0.486 e. The molecule has 4 aromatic rings. The summed E-state index contributed by atoms with van der Waals surface area (Å²) in [6.45, 7) is 15.9. The van der Waals surface area contributed by atoms with E-state index in [0.717, 1.165) is 12.3 Å². The lowest BCUT2D eigenvalue weighted by Gasteiger charge is -2.44. The van der Waals surface area contributed by atoms with Gasteiger partial charge in [0.05, 0.1) is 11.2 Å². The van der Waals surface area contributed by atoms with E-state index < -0.39 is 18.3 Å². The van der Waals surface area contributed by atoms with E-state index in [-0.39, 0.29) is 17.1 Å². The van der Waals surface area contributed by atoms with Crippen LogP contribution in [0.25, 0.3) is 0 Å². The first kappa shape index (κ1) is 34.4. The summed E-state index contributed by atoms with van der Waals surface area (Å²) < 4.78 is 6.50. The molecule has 0 radical (unpaired) electrons. The number of hydrogen-bond donors (Lipinski definition) is 1. The molecular formula is C40H52N2O2P+. The molecule has 1 atom stereocenters. The Labute approximate surface area is 272 Å². The zero-order valence-electron chi connectivity index (χ0n) is 28.7. The highest BCUT2D eigenvalue weighted by molar-refractivity contribution is 7.96. The first-order valence-electron chi connectivity index (χ1n) is 16.0. The number of amides is 1. The smallest absolute Gasteiger partial charge is 0.226 e. The SMILES string of the molecule is CC(NC(=O)C(C)(C)CC(C)(C)[P+](c1ccccc1)(c1ccccc1)c1ccccc1)C(C)(C)Oc1cccc(CN(C)C)c1. The van der Waals surface area contributed by atoms with E-state index in [9.17, 15) is 4.79 Å². The van der Waals surface area contributed by atoms with Crippen LogP contribution in [0.4, 0.5) is 0 Å². The largest absolute Gasteiger partial charge is 0.486 e. The molecule has 1 amide bonds. The van der Waals surface area contributed by atoms with Crippen molar-refractivity contribution >= 4 is 29.1 Å². The summed E-state index contributed by atoms with van der Waals surface area (Å²) in [6, 6.07) is 40.8. The monoisotopic (exact) mass is 623 g/mol. The van der Waals surface area contributed by atoms with Crippen molar-refractivity contribution in [3.8, 4) is 5.75 Å². The van der Waals surface area contributed by atoms with Gasteiger partial charge in [0, 0.05) is 18.4 Å². The van der Waals surface area contributed by atoms with Gasteiger partial charge in [0.1, 0.15) is 34.5 Å². The van der Waals surface area contributed by atoms with E-state index >= 15 is 0 Å². The van der Waals surface area contributed by atoms with Crippen molar-refractivity contribution in [3.63, 3.8) is 0 Å². The molecular weight excluding hydrogens is 571 g/mol. The van der Waals surface area contributed by atoms with Gasteiger partial charge in [0.25, 0.3) is 0 Å². The zero-order valence-corrected chi connectivity index (χ0v) is 29.6. The summed E-state index contributed by atoms with van der Waals surface area (Å²) in [6.07, 6.45) is 0.693. The molecule has 4 nitrogen and oxygen atoms in total. The summed E-state index contributed by atoms with van der Waals surface area (Å²) in [5.41, 5.74) is -0.0777. The predicted octanol–water partition coefficient (Wildman–Crippen LogP) is 7.60. The van der Waals surface area contributed by atoms with Gasteiger partial charge in [0.2, 0.25) is 5.91 Å². The number of benzene rings is 4. The van der Waals surface area contributed by atoms with Gasteiger partial charge in [-0.05, 0) is 103 Å². The molecule has 0 saturated carbocycles. The number of nitrogens with one attached hydrogen (secondary N) is 1. The molecule has 5 heteroatoms. The minimum atomic E-state index is -2.23. The lowest BCUT2D eigenvalue weighted by atomic mass is 9.82. The van der Waals surface area contributed by atoms with E-state index in [1.165, 1.54) is 21.5 Å². The van der Waals surface area contributed by atoms with Crippen molar-refractivity contribution in [3.05, 3.63) is 121 Å². The van der Waals surface area contributed by atoms with Crippen LogP contribution in [0.1, 0.15) is 60.5 Å². The fourth-order valence-electron chi connectivity index (χ4n) is 6.76. The molecule has 45 heavy (non-hydrogen) atoms. The highest BCUT2D eigenvalue weighted by Gasteiger charge is 2.59. The second-order valence-corrected chi connectivity index (χ2v) is 18.4. The van der Waals surface area contributed by atoms with Gasteiger partial charge in [-0.1, -0.05) is 80.6 Å². The number of nitrogens with zero attached hydrogens (tertiary/aromatic N) is 1. The molecule has 0 aliphatic carbocycles. The molecule has 0 fully saturated rings. The summed E-state index contributed by atoms with van der Waals surface area (Å²) in [4.78, 5) is 16.3. The Kier molecular flexibility index (Phi) is 10.6. The first-order valence-corrected chi connectivity index (χ1v) is 17.8. The van der Waals surface area contributed by atoms with Crippen LogP contribution >= 0.6 is 7.26 Å². The Morgan fingerprint density at radius 2 is 1.20 bits per heavy atom. The normalized spacial score (nSPS) is 13.4. The van der Waals surface area contributed by atoms with Crippen LogP contribution in [0.15, 0.2) is 115 Å². The maximum atomic E-state index is 14.2. The molecule has 0 aromatic heterocycles. The molecule has 0 aliphatic rings. The summed E-state index contributed by atoms with van der Waals surface area (Å²) in [7, 11) is 1.89. The van der Waals surface area contributed by atoms with Crippen LogP contribution in [0.5, 0.6) is 5.75 Å². The quantitative estimate of drug-likeness (QED) is 0.156. The molecule has 0 bridgehead atoms. The maximum absolute atomic E-state index is 14.2. The number of carbonyl (C=O) groups is 1. The standard InChI is InChI=1S/C40H51N2O2P/c1-31(40(6,7)44-33-21-19-20-32(28-33)29-42(8)9)41-37(43)38(2,3)30-39(4,5)45(34-22-13-10-14-23-34,35-24-15-11-16-25-35)36-26-17-12-18-27-36/h10-28,31H,29-30H2,1-9H3/p+1. The van der Waals surface area contributed by atoms with Crippen molar-refractivity contribution in [1.82, 2.24) is 10.2 Å². The Balaban J connectivity index is 1.65. The molecule has 1 N–H and O–H groups in total. The van der Waals surface area contributed by atoms with Gasteiger partial charge in [-0.3, -0.25) is 4.79 Å². The molecule has 4 aromatic carbocycles. The maximum Gasteiger partial charge on any atom is 0.226 e. The van der Waals surface area contributed by atoms with E-state index in [1.54, 1.807) is 0 Å². The molecule has 0 spiro atoms. The second kappa shape index (κ2) is 13.9. The van der Waals surface area contributed by atoms with Crippen LogP contribution in [-0.2, 0) is 11.3 Å². The Morgan fingerprint density at radius 3 is 1.64 bits per heavy atom. The molecule has 1 unspecified atom stereocenters. The lowest BCUT2D eigenvalue weighted by Crippen LogP contribution is -2.55. The fraction of sp³-hybridized carbons (Fsp3) is 0.375. The predicted molar refractivity (Wildman–Crippen MR) is 194 cm³/mol. The molecule has 4 rings (SSSR count). The van der Waals surface area contributed by atoms with Gasteiger partial charge in [0.15, 0.2) is 0 Å². The van der Waals surface area contributed by atoms with Gasteiger partial charge in [-0.2, -0.15) is 0 Å². The number of rotatable bonds is 13. The highest BCUT2D eigenvalue weighted by Crippen LogP contribution is 2.68. The molecule has 0 aliphatic heterocycles. The summed E-state index contributed by atoms with van der Waals surface area (Å²) in [5, 5.41) is 7.06. The van der Waals surface area contributed by atoms with Crippen molar-refractivity contribution in [2.24, 2.45) is 5.41 Å². The van der Waals surface area contributed by atoms with E-state index in [4.69, 9.17) is 4.74 Å². The van der Waals surface area contributed by atoms with Crippen molar-refractivity contribution in [2.75, 3.05) is 14.1 Å². The lowest BCUT2D eigenvalue weighted by molar-refractivity contribution is -0.132. The van der Waals surface area contributed by atoms with Gasteiger partial charge in [-0.15, -0.1) is 0 Å². The number of hydrogen-bond acceptors (Lipinski definition) is 3. The highest BCUT2D eigenvalue weighted by atomic mass is 31.2.